The predicted molar refractivity (Wildman–Crippen MR) is 123 cm³/mol. The molecular weight excluding hydrogens is 473 g/mol. The van der Waals surface area contributed by atoms with Gasteiger partial charge in [-0.3, -0.25) is 4.79 Å². The predicted octanol–water partition coefficient (Wildman–Crippen LogP) is 2.28. The Labute approximate surface area is 186 Å². The lowest BCUT2D eigenvalue weighted by molar-refractivity contribution is -0.127. The van der Waals surface area contributed by atoms with Crippen molar-refractivity contribution in [1.29, 1.82) is 0 Å². The molecule has 0 aliphatic carbocycles. The van der Waals surface area contributed by atoms with E-state index in [9.17, 15) is 9.59 Å². The van der Waals surface area contributed by atoms with E-state index < -0.39 is 0 Å². The molecule has 1 rings (SSSR count). The van der Waals surface area contributed by atoms with Crippen LogP contribution in [0.5, 0.6) is 0 Å². The minimum atomic E-state index is -0.242. The molecule has 1 aliphatic rings. The molecule has 0 saturated carbocycles. The number of halogens is 1. The largest absolute Gasteiger partial charge is 0.450 e. The Bertz CT molecular complexity index is 492. The molecular formula is C19H38IN5O3. The van der Waals surface area contributed by atoms with E-state index >= 15 is 0 Å². The van der Waals surface area contributed by atoms with Crippen molar-refractivity contribution in [2.75, 3.05) is 46.9 Å². The zero-order valence-electron chi connectivity index (χ0n) is 18.0. The van der Waals surface area contributed by atoms with Gasteiger partial charge in [0, 0.05) is 39.8 Å². The van der Waals surface area contributed by atoms with Gasteiger partial charge in [-0.1, -0.05) is 13.8 Å². The van der Waals surface area contributed by atoms with Gasteiger partial charge in [-0.2, -0.15) is 0 Å². The fourth-order valence-corrected chi connectivity index (χ4v) is 2.77. The van der Waals surface area contributed by atoms with Crippen molar-refractivity contribution in [3.63, 3.8) is 0 Å². The van der Waals surface area contributed by atoms with Gasteiger partial charge >= 0.3 is 6.09 Å². The van der Waals surface area contributed by atoms with Crippen molar-refractivity contribution in [3.8, 4) is 0 Å². The van der Waals surface area contributed by atoms with Gasteiger partial charge in [-0.15, -0.1) is 24.0 Å². The molecule has 1 heterocycles. The summed E-state index contributed by atoms with van der Waals surface area (Å²) in [6.07, 6.45) is 3.62. The third-order valence-electron chi connectivity index (χ3n) is 4.48. The molecule has 164 valence electrons. The van der Waals surface area contributed by atoms with Gasteiger partial charge in [0.1, 0.15) is 6.54 Å². The summed E-state index contributed by atoms with van der Waals surface area (Å²) in [6, 6.07) is 0.224. The molecule has 0 unspecified atom stereocenters. The monoisotopic (exact) mass is 511 g/mol. The molecule has 0 aromatic rings. The van der Waals surface area contributed by atoms with Crippen LogP contribution in [0.15, 0.2) is 4.99 Å². The van der Waals surface area contributed by atoms with Gasteiger partial charge in [0.25, 0.3) is 0 Å². The third-order valence-corrected chi connectivity index (χ3v) is 4.48. The zero-order chi connectivity index (χ0) is 20.2. The Balaban J connectivity index is 0.00000729. The number of piperidine rings is 1. The average Bonchev–Trinajstić information content (AvgIpc) is 2.63. The van der Waals surface area contributed by atoms with Crippen molar-refractivity contribution in [3.05, 3.63) is 0 Å². The van der Waals surface area contributed by atoms with Gasteiger partial charge < -0.3 is 25.2 Å². The van der Waals surface area contributed by atoms with E-state index in [0.29, 0.717) is 31.6 Å². The topological polar surface area (TPSA) is 86.3 Å². The maximum absolute atomic E-state index is 11.8. The summed E-state index contributed by atoms with van der Waals surface area (Å²) < 4.78 is 5.06. The van der Waals surface area contributed by atoms with Crippen molar-refractivity contribution in [1.82, 2.24) is 20.4 Å². The number of rotatable bonds is 8. The van der Waals surface area contributed by atoms with Crippen LogP contribution >= 0.6 is 24.0 Å². The molecule has 0 aromatic carbocycles. The van der Waals surface area contributed by atoms with E-state index in [4.69, 9.17) is 4.74 Å². The minimum absolute atomic E-state index is 0. The maximum atomic E-state index is 11.8. The molecule has 9 heteroatoms. The number of aliphatic imine (C=N–C) groups is 1. The molecule has 0 atom stereocenters. The van der Waals surface area contributed by atoms with E-state index in [1.54, 1.807) is 19.0 Å². The number of ether oxygens (including phenoxy) is 1. The normalized spacial score (nSPS) is 15.1. The number of likely N-dealkylation sites (N-methyl/N-ethyl adjacent to an activating group) is 1. The van der Waals surface area contributed by atoms with Crippen LogP contribution in [0.3, 0.4) is 0 Å². The Morgan fingerprint density at radius 2 is 1.89 bits per heavy atom. The number of hydrogen-bond donors (Lipinski definition) is 2. The molecule has 28 heavy (non-hydrogen) atoms. The highest BCUT2D eigenvalue weighted by Crippen LogP contribution is 2.11. The van der Waals surface area contributed by atoms with Gasteiger partial charge in [-0.05, 0) is 38.5 Å². The number of carbonyl (C=O) groups is 2. The molecule has 0 aromatic heterocycles. The smallest absolute Gasteiger partial charge is 0.409 e. The van der Waals surface area contributed by atoms with Crippen LogP contribution in [-0.2, 0) is 9.53 Å². The number of guanidine groups is 1. The first-order valence-electron chi connectivity index (χ1n) is 10.00. The Kier molecular flexibility index (Phi) is 14.0. The first kappa shape index (κ1) is 26.7. The number of nitrogens with zero attached hydrogens (tertiary/aromatic N) is 3. The molecule has 1 aliphatic heterocycles. The first-order valence-corrected chi connectivity index (χ1v) is 10.00. The minimum Gasteiger partial charge on any atom is -0.450 e. The summed E-state index contributed by atoms with van der Waals surface area (Å²) in [7, 11) is 3.46. The molecule has 1 saturated heterocycles. The molecule has 1 fully saturated rings. The molecule has 2 N–H and O–H groups in total. The van der Waals surface area contributed by atoms with E-state index in [1.807, 2.05) is 6.92 Å². The van der Waals surface area contributed by atoms with Crippen molar-refractivity contribution in [2.24, 2.45) is 10.9 Å². The van der Waals surface area contributed by atoms with Crippen LogP contribution in [0, 0.1) is 5.92 Å². The number of amides is 2. The van der Waals surface area contributed by atoms with Gasteiger partial charge in [0.2, 0.25) is 5.91 Å². The van der Waals surface area contributed by atoms with E-state index in [-0.39, 0.29) is 48.6 Å². The maximum Gasteiger partial charge on any atom is 0.409 e. The fourth-order valence-electron chi connectivity index (χ4n) is 2.77. The second kappa shape index (κ2) is 14.7. The van der Waals surface area contributed by atoms with Crippen LogP contribution in [0.2, 0.25) is 0 Å². The molecule has 2 amide bonds. The number of likely N-dealkylation sites (tertiary alicyclic amines) is 1. The molecule has 0 bridgehead atoms. The van der Waals surface area contributed by atoms with Crippen molar-refractivity contribution < 1.29 is 14.3 Å². The fraction of sp³-hybridized carbons (Fsp3) is 0.842. The summed E-state index contributed by atoms with van der Waals surface area (Å²) in [5, 5.41) is 6.75. The lowest BCUT2D eigenvalue weighted by Gasteiger charge is -2.32. The highest BCUT2D eigenvalue weighted by molar-refractivity contribution is 14.0. The highest BCUT2D eigenvalue weighted by atomic mass is 127. The molecule has 8 nitrogen and oxygen atoms in total. The number of carbonyl (C=O) groups excluding carboxylic acids is 2. The lowest BCUT2D eigenvalue weighted by atomic mass is 10.1. The van der Waals surface area contributed by atoms with Gasteiger partial charge in [-0.25, -0.2) is 9.79 Å². The van der Waals surface area contributed by atoms with Crippen LogP contribution in [0.1, 0.15) is 46.5 Å². The molecule has 0 radical (unpaired) electrons. The summed E-state index contributed by atoms with van der Waals surface area (Å²) >= 11 is 0. The number of hydrogen-bond acceptors (Lipinski definition) is 4. The summed E-state index contributed by atoms with van der Waals surface area (Å²) in [4.78, 5) is 31.4. The SMILES string of the molecule is CCOC(=O)N1CCC(NC(=NCC(=O)N(C)C)NCCCC(C)C)CC1.I. The van der Waals surface area contributed by atoms with Crippen molar-refractivity contribution >= 4 is 41.9 Å². The number of nitrogens with one attached hydrogen (secondary N) is 2. The van der Waals surface area contributed by atoms with Gasteiger partial charge in [0.05, 0.1) is 6.61 Å². The quantitative estimate of drug-likeness (QED) is 0.226. The van der Waals surface area contributed by atoms with E-state index in [2.05, 4.69) is 29.5 Å². The standard InChI is InChI=1S/C19H37N5O3.HI/c1-6-27-19(26)24-12-9-16(10-13-24)22-18(20-11-7-8-15(2)3)21-14-17(25)23(4)5;/h15-16H,6-14H2,1-5H3,(H2,20,21,22);1H. The summed E-state index contributed by atoms with van der Waals surface area (Å²) in [6.45, 7) is 8.89. The van der Waals surface area contributed by atoms with E-state index in [0.717, 1.165) is 32.2 Å². The molecule has 0 spiro atoms. The third kappa shape index (κ3) is 10.9. The van der Waals surface area contributed by atoms with Crippen LogP contribution in [0.25, 0.3) is 0 Å². The van der Waals surface area contributed by atoms with E-state index in [1.165, 1.54) is 4.90 Å². The first-order chi connectivity index (χ1) is 12.8. The second-order valence-electron chi connectivity index (χ2n) is 7.52. The van der Waals surface area contributed by atoms with Crippen LogP contribution in [0.4, 0.5) is 4.79 Å². The Morgan fingerprint density at radius 1 is 1.25 bits per heavy atom. The highest BCUT2D eigenvalue weighted by Gasteiger charge is 2.24. The second-order valence-corrected chi connectivity index (χ2v) is 7.52. The summed E-state index contributed by atoms with van der Waals surface area (Å²) in [5.41, 5.74) is 0. The summed E-state index contributed by atoms with van der Waals surface area (Å²) in [5.74, 6) is 1.31. The zero-order valence-corrected chi connectivity index (χ0v) is 20.3. The van der Waals surface area contributed by atoms with Crippen LogP contribution in [-0.4, -0.2) is 80.7 Å². The van der Waals surface area contributed by atoms with Crippen molar-refractivity contribution in [2.45, 2.75) is 52.5 Å². The average molecular weight is 511 g/mol. The lowest BCUT2D eigenvalue weighted by Crippen LogP contribution is -2.50. The Hall–Kier alpha value is -1.26. The Morgan fingerprint density at radius 3 is 2.43 bits per heavy atom. The van der Waals surface area contributed by atoms with Crippen LogP contribution < -0.4 is 10.6 Å². The van der Waals surface area contributed by atoms with Gasteiger partial charge in [0.15, 0.2) is 5.96 Å².